The molecule has 2 unspecified atom stereocenters. The molecule has 1 aliphatic rings. The summed E-state index contributed by atoms with van der Waals surface area (Å²) >= 11 is 0. The van der Waals surface area contributed by atoms with Crippen LogP contribution in [0.3, 0.4) is 0 Å². The summed E-state index contributed by atoms with van der Waals surface area (Å²) in [6.45, 7) is 7.30. The van der Waals surface area contributed by atoms with Gasteiger partial charge in [0.25, 0.3) is 0 Å². The lowest BCUT2D eigenvalue weighted by atomic mass is 10.1. The van der Waals surface area contributed by atoms with Crippen molar-refractivity contribution >= 4 is 0 Å². The summed E-state index contributed by atoms with van der Waals surface area (Å²) in [7, 11) is 1.56. The first-order valence-electron chi connectivity index (χ1n) is 4.43. The zero-order chi connectivity index (χ0) is 9.19. The van der Waals surface area contributed by atoms with E-state index in [9.17, 15) is 0 Å². The Morgan fingerprint density at radius 3 is 2.58 bits per heavy atom. The van der Waals surface area contributed by atoms with Gasteiger partial charge in [-0.3, -0.25) is 0 Å². The standard InChI is InChI=1S/C10H18O2/c1-5-6-8-9(7-12-11-4)10(8,2)3/h5-6,8-9H,7H2,1-4H3/b6-5+. The van der Waals surface area contributed by atoms with Crippen LogP contribution in [0.5, 0.6) is 0 Å². The predicted molar refractivity (Wildman–Crippen MR) is 48.5 cm³/mol. The highest BCUT2D eigenvalue weighted by Crippen LogP contribution is 2.58. The molecule has 2 heteroatoms. The average molecular weight is 170 g/mol. The molecule has 0 aromatic rings. The van der Waals surface area contributed by atoms with Gasteiger partial charge in [0.15, 0.2) is 0 Å². The molecule has 0 spiro atoms. The summed E-state index contributed by atoms with van der Waals surface area (Å²) in [5, 5.41) is 0. The van der Waals surface area contributed by atoms with Gasteiger partial charge >= 0.3 is 0 Å². The van der Waals surface area contributed by atoms with Gasteiger partial charge in [-0.15, -0.1) is 0 Å². The molecule has 1 aliphatic carbocycles. The van der Waals surface area contributed by atoms with Crippen LogP contribution in [-0.4, -0.2) is 13.7 Å². The molecule has 1 rings (SSSR count). The molecule has 0 amide bonds. The number of rotatable bonds is 4. The Kier molecular flexibility index (Phi) is 2.91. The largest absolute Gasteiger partial charge is 0.240 e. The Morgan fingerprint density at radius 2 is 2.08 bits per heavy atom. The van der Waals surface area contributed by atoms with Crippen LogP contribution in [0.2, 0.25) is 0 Å². The molecular weight excluding hydrogens is 152 g/mol. The van der Waals surface area contributed by atoms with Crippen molar-refractivity contribution in [1.82, 2.24) is 0 Å². The third kappa shape index (κ3) is 1.70. The maximum absolute atomic E-state index is 4.94. The van der Waals surface area contributed by atoms with Crippen molar-refractivity contribution in [2.24, 2.45) is 17.3 Å². The maximum Gasteiger partial charge on any atom is 0.0861 e. The van der Waals surface area contributed by atoms with Crippen LogP contribution in [-0.2, 0) is 9.78 Å². The van der Waals surface area contributed by atoms with E-state index < -0.39 is 0 Å². The van der Waals surface area contributed by atoms with Gasteiger partial charge < -0.3 is 0 Å². The van der Waals surface area contributed by atoms with Crippen LogP contribution in [0.15, 0.2) is 12.2 Å². The molecule has 0 saturated heterocycles. The molecule has 1 fully saturated rings. The molecule has 70 valence electrons. The summed E-state index contributed by atoms with van der Waals surface area (Å²) in [5.74, 6) is 1.28. The lowest BCUT2D eigenvalue weighted by Gasteiger charge is -2.00. The van der Waals surface area contributed by atoms with Crippen molar-refractivity contribution in [1.29, 1.82) is 0 Å². The fourth-order valence-electron chi connectivity index (χ4n) is 1.84. The Bertz CT molecular complexity index is 173. The van der Waals surface area contributed by atoms with Gasteiger partial charge in [0.2, 0.25) is 0 Å². The van der Waals surface area contributed by atoms with E-state index in [1.807, 2.05) is 0 Å². The van der Waals surface area contributed by atoms with Gasteiger partial charge in [-0.1, -0.05) is 26.0 Å². The van der Waals surface area contributed by atoms with Gasteiger partial charge in [-0.25, -0.2) is 9.78 Å². The van der Waals surface area contributed by atoms with Crippen molar-refractivity contribution in [3.8, 4) is 0 Å². The van der Waals surface area contributed by atoms with Crippen LogP contribution in [0.25, 0.3) is 0 Å². The average Bonchev–Trinajstić information content (AvgIpc) is 2.51. The molecule has 0 N–H and O–H groups in total. The number of allylic oxidation sites excluding steroid dienone is 2. The Hall–Kier alpha value is -0.340. The second kappa shape index (κ2) is 3.58. The quantitative estimate of drug-likeness (QED) is 0.366. The lowest BCUT2D eigenvalue weighted by Crippen LogP contribution is -1.99. The molecule has 0 aliphatic heterocycles. The van der Waals surface area contributed by atoms with E-state index in [0.29, 0.717) is 23.9 Å². The van der Waals surface area contributed by atoms with Crippen LogP contribution in [0.1, 0.15) is 20.8 Å². The van der Waals surface area contributed by atoms with Crippen molar-refractivity contribution in [2.45, 2.75) is 20.8 Å². The van der Waals surface area contributed by atoms with Crippen molar-refractivity contribution in [3.63, 3.8) is 0 Å². The molecule has 0 bridgehead atoms. The van der Waals surface area contributed by atoms with Crippen molar-refractivity contribution < 1.29 is 9.78 Å². The van der Waals surface area contributed by atoms with E-state index in [4.69, 9.17) is 4.89 Å². The van der Waals surface area contributed by atoms with E-state index in [1.165, 1.54) is 0 Å². The summed E-state index contributed by atoms with van der Waals surface area (Å²) in [5.41, 5.74) is 0.394. The third-order valence-electron chi connectivity index (χ3n) is 2.90. The monoisotopic (exact) mass is 170 g/mol. The molecule has 12 heavy (non-hydrogen) atoms. The minimum absolute atomic E-state index is 0.394. The summed E-state index contributed by atoms with van der Waals surface area (Å²) < 4.78 is 0. The van der Waals surface area contributed by atoms with Crippen LogP contribution < -0.4 is 0 Å². The predicted octanol–water partition coefficient (Wildman–Crippen LogP) is 2.41. The maximum atomic E-state index is 4.94. The third-order valence-corrected chi connectivity index (χ3v) is 2.90. The number of hydrogen-bond donors (Lipinski definition) is 0. The molecule has 0 radical (unpaired) electrons. The lowest BCUT2D eigenvalue weighted by molar-refractivity contribution is -0.276. The van der Waals surface area contributed by atoms with Gasteiger partial charge in [0.05, 0.1) is 13.7 Å². The molecule has 0 heterocycles. The topological polar surface area (TPSA) is 18.5 Å². The van der Waals surface area contributed by atoms with Crippen molar-refractivity contribution in [3.05, 3.63) is 12.2 Å². The normalized spacial score (nSPS) is 32.7. The highest BCUT2D eigenvalue weighted by molar-refractivity contribution is 5.13. The van der Waals surface area contributed by atoms with Gasteiger partial charge in [0, 0.05) is 0 Å². The second-order valence-corrected chi connectivity index (χ2v) is 3.93. The number of hydrogen-bond acceptors (Lipinski definition) is 2. The van der Waals surface area contributed by atoms with E-state index in [2.05, 4.69) is 37.8 Å². The fraction of sp³-hybridized carbons (Fsp3) is 0.800. The van der Waals surface area contributed by atoms with Crippen LogP contribution in [0, 0.1) is 17.3 Å². The van der Waals surface area contributed by atoms with Gasteiger partial charge in [0.1, 0.15) is 0 Å². The van der Waals surface area contributed by atoms with Crippen LogP contribution in [0.4, 0.5) is 0 Å². The van der Waals surface area contributed by atoms with Gasteiger partial charge in [-0.05, 0) is 24.2 Å². The molecule has 1 saturated carbocycles. The molecule has 2 atom stereocenters. The highest BCUT2D eigenvalue weighted by Gasteiger charge is 2.55. The first-order chi connectivity index (χ1) is 5.64. The zero-order valence-corrected chi connectivity index (χ0v) is 8.33. The first kappa shape index (κ1) is 9.75. The molecule has 2 nitrogen and oxygen atoms in total. The summed E-state index contributed by atoms with van der Waals surface area (Å²) in [4.78, 5) is 9.52. The second-order valence-electron chi connectivity index (χ2n) is 3.93. The Labute approximate surface area is 74.5 Å². The SMILES string of the molecule is C/C=C/C1C(COOC)C1(C)C. The molecule has 0 aromatic carbocycles. The zero-order valence-electron chi connectivity index (χ0n) is 8.33. The first-order valence-corrected chi connectivity index (χ1v) is 4.43. The van der Waals surface area contributed by atoms with Gasteiger partial charge in [-0.2, -0.15) is 0 Å². The van der Waals surface area contributed by atoms with Crippen LogP contribution >= 0.6 is 0 Å². The van der Waals surface area contributed by atoms with Crippen molar-refractivity contribution in [2.75, 3.05) is 13.7 Å². The smallest absolute Gasteiger partial charge is 0.0861 e. The molecule has 0 aromatic heterocycles. The Morgan fingerprint density at radius 1 is 1.42 bits per heavy atom. The Balaban J connectivity index is 2.37. The minimum atomic E-state index is 0.394. The van der Waals surface area contributed by atoms with E-state index >= 15 is 0 Å². The minimum Gasteiger partial charge on any atom is -0.240 e. The summed E-state index contributed by atoms with van der Waals surface area (Å²) in [6.07, 6.45) is 4.36. The van der Waals surface area contributed by atoms with E-state index in [1.54, 1.807) is 7.11 Å². The van der Waals surface area contributed by atoms with E-state index in [0.717, 1.165) is 0 Å². The van der Waals surface area contributed by atoms with E-state index in [-0.39, 0.29) is 0 Å². The highest BCUT2D eigenvalue weighted by atomic mass is 17.2. The molecular formula is C10H18O2. The fourth-order valence-corrected chi connectivity index (χ4v) is 1.84. The summed E-state index contributed by atoms with van der Waals surface area (Å²) in [6, 6.07) is 0.